The minimum Gasteiger partial charge on any atom is -0.490 e. The molecule has 6 heteroatoms. The third-order valence-electron chi connectivity index (χ3n) is 5.54. The summed E-state index contributed by atoms with van der Waals surface area (Å²) in [5.41, 5.74) is 1.23. The fraction of sp³-hybridized carbons (Fsp3) is 0.760. The van der Waals surface area contributed by atoms with E-state index in [-0.39, 0.29) is 45.5 Å². The second kappa shape index (κ2) is 17.4. The Bertz CT molecular complexity index is 584. The van der Waals surface area contributed by atoms with Crippen LogP contribution in [0.4, 0.5) is 4.39 Å². The van der Waals surface area contributed by atoms with Crippen LogP contribution in [-0.2, 0) is 43.0 Å². The van der Waals surface area contributed by atoms with Crippen molar-refractivity contribution in [2.75, 3.05) is 34.0 Å². The van der Waals surface area contributed by atoms with Gasteiger partial charge in [0.15, 0.2) is 11.6 Å². The maximum Gasteiger partial charge on any atom is 0.165 e. The molecule has 0 unspecified atom stereocenters. The number of halogens is 1. The molecule has 0 saturated heterocycles. The minimum absolute atomic E-state index is 0. The van der Waals surface area contributed by atoms with Crippen molar-refractivity contribution in [2.45, 2.75) is 79.2 Å². The van der Waals surface area contributed by atoms with Gasteiger partial charge in [0.05, 0.1) is 13.2 Å². The van der Waals surface area contributed by atoms with Crippen LogP contribution in [0.5, 0.6) is 5.75 Å². The summed E-state index contributed by atoms with van der Waals surface area (Å²) in [5.74, 6) is 0.731. The van der Waals surface area contributed by atoms with Crippen molar-refractivity contribution in [3.63, 3.8) is 0 Å². The van der Waals surface area contributed by atoms with Gasteiger partial charge in [0.2, 0.25) is 0 Å². The molecule has 1 aromatic carbocycles. The third kappa shape index (κ3) is 14.6. The van der Waals surface area contributed by atoms with Gasteiger partial charge in [-0.05, 0) is 75.6 Å². The molecule has 0 aromatic heterocycles. The first-order valence-electron chi connectivity index (χ1n) is 11.3. The summed E-state index contributed by atoms with van der Waals surface area (Å²) in [6, 6.07) is 5.08. The molecule has 0 atom stereocenters. The second-order valence-electron chi connectivity index (χ2n) is 9.20. The first kappa shape index (κ1) is 33.1. The fourth-order valence-corrected chi connectivity index (χ4v) is 2.34. The molecule has 1 radical (unpaired) electrons. The van der Waals surface area contributed by atoms with Crippen LogP contribution in [0, 0.1) is 17.2 Å². The number of benzene rings is 1. The molecule has 0 aliphatic heterocycles. The van der Waals surface area contributed by atoms with Gasteiger partial charge >= 0.3 is 0 Å². The zero-order valence-electron chi connectivity index (χ0n) is 21.2. The number of rotatable bonds is 11. The van der Waals surface area contributed by atoms with E-state index >= 15 is 0 Å². The van der Waals surface area contributed by atoms with Gasteiger partial charge in [0.1, 0.15) is 0 Å². The van der Waals surface area contributed by atoms with E-state index in [1.54, 1.807) is 12.1 Å². The normalized spacial score (nSPS) is 13.2. The molecular formula is C25H48FNO3Y. The zero-order chi connectivity index (χ0) is 23.2. The number of unbranched alkanes of at least 4 members (excludes halogenated alkanes) is 1. The Hall–Kier alpha value is -0.0661. The molecule has 1 aliphatic rings. The van der Waals surface area contributed by atoms with Crippen LogP contribution in [0.25, 0.3) is 0 Å². The summed E-state index contributed by atoms with van der Waals surface area (Å²) < 4.78 is 24.7. The number of aliphatic hydroxyl groups is 1. The molecule has 181 valence electrons. The van der Waals surface area contributed by atoms with Crippen molar-refractivity contribution < 1.29 is 53.1 Å². The number of nitrogens with one attached hydrogen (secondary N) is 1. The number of aliphatic hydroxyl groups excluding tert-OH is 1. The Labute approximate surface area is 217 Å². The quantitative estimate of drug-likeness (QED) is 0.345. The number of ether oxygens (including phenoxy) is 2. The Morgan fingerprint density at radius 2 is 1.77 bits per heavy atom. The molecule has 0 amide bonds. The van der Waals surface area contributed by atoms with Gasteiger partial charge in [-0.1, -0.05) is 40.2 Å². The summed E-state index contributed by atoms with van der Waals surface area (Å²) in [6.07, 6.45) is 6.04. The Balaban J connectivity index is -0.000000496. The van der Waals surface area contributed by atoms with E-state index in [9.17, 15) is 4.39 Å². The van der Waals surface area contributed by atoms with Gasteiger partial charge < -0.3 is 19.9 Å². The summed E-state index contributed by atoms with van der Waals surface area (Å²) in [4.78, 5) is 0. The largest absolute Gasteiger partial charge is 0.490 e. The molecule has 0 spiro atoms. The molecule has 1 aliphatic carbocycles. The Morgan fingerprint density at radius 1 is 1.16 bits per heavy atom. The van der Waals surface area contributed by atoms with Gasteiger partial charge in [-0.3, -0.25) is 0 Å². The van der Waals surface area contributed by atoms with Crippen LogP contribution in [0.15, 0.2) is 18.2 Å². The molecule has 1 aromatic rings. The predicted octanol–water partition coefficient (Wildman–Crippen LogP) is 6.16. The molecule has 31 heavy (non-hydrogen) atoms. The average molecular weight is 519 g/mol. The monoisotopic (exact) mass is 518 g/mol. The van der Waals surface area contributed by atoms with E-state index in [1.807, 2.05) is 7.05 Å². The standard InChI is InChI=1S/C14H20FNO.C10H22O.CH4O.Y.H2/c1-14(2,16-3)11-6-7-12(15)13(8-11)17-9-10-4-5-10;1-5-7-8-11-9-10(3,4)6-2;1-2;;/h6-8,10,16H,4-5,9H2,1-3H3;5-9H2,1-4H3;2H,1H3;;1H. The van der Waals surface area contributed by atoms with Crippen molar-refractivity contribution in [3.05, 3.63) is 29.6 Å². The molecule has 2 rings (SSSR count). The van der Waals surface area contributed by atoms with Crippen molar-refractivity contribution in [2.24, 2.45) is 11.3 Å². The van der Waals surface area contributed by atoms with Crippen molar-refractivity contribution in [1.29, 1.82) is 0 Å². The fourth-order valence-electron chi connectivity index (χ4n) is 2.34. The Kier molecular flexibility index (Phi) is 18.6. The van der Waals surface area contributed by atoms with Gasteiger partial charge in [0.25, 0.3) is 0 Å². The molecule has 4 nitrogen and oxygen atoms in total. The van der Waals surface area contributed by atoms with E-state index < -0.39 is 0 Å². The average Bonchev–Trinajstić information content (AvgIpc) is 3.57. The molecular weight excluding hydrogens is 470 g/mol. The minimum atomic E-state index is -0.277. The maximum absolute atomic E-state index is 13.6. The maximum atomic E-state index is 13.6. The van der Waals surface area contributed by atoms with Gasteiger partial charge in [-0.2, -0.15) is 0 Å². The van der Waals surface area contributed by atoms with Crippen molar-refractivity contribution >= 4 is 0 Å². The van der Waals surface area contributed by atoms with Crippen LogP contribution in [0.1, 0.15) is 80.6 Å². The second-order valence-corrected chi connectivity index (χ2v) is 9.20. The Morgan fingerprint density at radius 3 is 2.26 bits per heavy atom. The van der Waals surface area contributed by atoms with E-state index in [2.05, 4.69) is 46.9 Å². The number of hydrogen-bond donors (Lipinski definition) is 2. The van der Waals surface area contributed by atoms with Crippen LogP contribution in [0.2, 0.25) is 0 Å². The predicted molar refractivity (Wildman–Crippen MR) is 127 cm³/mol. The van der Waals surface area contributed by atoms with E-state index in [1.165, 1.54) is 38.2 Å². The molecule has 0 heterocycles. The summed E-state index contributed by atoms with van der Waals surface area (Å²) >= 11 is 0. The molecule has 1 saturated carbocycles. The SMILES string of the molecule is CCCCOCC(C)(C)CC.CNC(C)(C)c1ccc(F)c(OCC2CC2)c1.CO.[HH].[Y]. The molecule has 2 N–H and O–H groups in total. The van der Waals surface area contributed by atoms with Crippen LogP contribution >= 0.6 is 0 Å². The van der Waals surface area contributed by atoms with Crippen LogP contribution in [-0.4, -0.2) is 39.1 Å². The summed E-state index contributed by atoms with van der Waals surface area (Å²) in [7, 11) is 2.90. The summed E-state index contributed by atoms with van der Waals surface area (Å²) in [6.45, 7) is 15.5. The third-order valence-corrected chi connectivity index (χ3v) is 5.54. The van der Waals surface area contributed by atoms with Crippen LogP contribution < -0.4 is 10.1 Å². The topological polar surface area (TPSA) is 50.7 Å². The molecule has 0 bridgehead atoms. The van der Waals surface area contributed by atoms with Crippen LogP contribution in [0.3, 0.4) is 0 Å². The summed E-state index contributed by atoms with van der Waals surface area (Å²) in [5, 5.41) is 10.2. The van der Waals surface area contributed by atoms with Gasteiger partial charge in [-0.25, -0.2) is 4.39 Å². The van der Waals surface area contributed by atoms with E-state index in [4.69, 9.17) is 14.6 Å². The van der Waals surface area contributed by atoms with Crippen molar-refractivity contribution in [3.8, 4) is 5.75 Å². The van der Waals surface area contributed by atoms with Gasteiger partial charge in [0, 0.05) is 53.4 Å². The van der Waals surface area contributed by atoms with Gasteiger partial charge in [-0.15, -0.1) is 0 Å². The number of hydrogen-bond acceptors (Lipinski definition) is 4. The van der Waals surface area contributed by atoms with E-state index in [0.29, 0.717) is 23.7 Å². The van der Waals surface area contributed by atoms with E-state index in [0.717, 1.165) is 25.9 Å². The first-order chi connectivity index (χ1) is 14.1. The smallest absolute Gasteiger partial charge is 0.165 e. The van der Waals surface area contributed by atoms with Crippen molar-refractivity contribution in [1.82, 2.24) is 5.32 Å². The zero-order valence-corrected chi connectivity index (χ0v) is 24.0. The molecule has 1 fully saturated rings. The first-order valence-corrected chi connectivity index (χ1v) is 11.3.